The lowest BCUT2D eigenvalue weighted by Crippen LogP contribution is -2.44. The maximum atomic E-state index is 10.5. The molecule has 0 radical (unpaired) electrons. The Labute approximate surface area is 102 Å². The molecule has 0 aliphatic carbocycles. The van der Waals surface area contributed by atoms with Crippen molar-refractivity contribution in [3.8, 4) is 0 Å². The van der Waals surface area contributed by atoms with Crippen molar-refractivity contribution in [3.63, 3.8) is 0 Å². The molecule has 1 aromatic rings. The van der Waals surface area contributed by atoms with Gasteiger partial charge < -0.3 is 10.0 Å². The molecule has 2 rings (SSSR count). The Bertz CT molecular complexity index is 302. The molecule has 2 nitrogen and oxygen atoms in total. The maximum Gasteiger partial charge on any atom is 0.0675 e. The van der Waals surface area contributed by atoms with Crippen molar-refractivity contribution in [2.24, 2.45) is 0 Å². The van der Waals surface area contributed by atoms with Crippen LogP contribution in [0.1, 0.15) is 31.7 Å². The molecule has 2 heterocycles. The number of nitrogens with zero attached hydrogens (tertiary/aromatic N) is 1. The van der Waals surface area contributed by atoms with Crippen LogP contribution in [0.3, 0.4) is 0 Å². The summed E-state index contributed by atoms with van der Waals surface area (Å²) >= 11 is 1.74. The van der Waals surface area contributed by atoms with E-state index in [0.29, 0.717) is 0 Å². The highest BCUT2D eigenvalue weighted by molar-refractivity contribution is 7.07. The first-order chi connectivity index (χ1) is 7.72. The van der Waals surface area contributed by atoms with E-state index >= 15 is 0 Å². The zero-order chi connectivity index (χ0) is 11.4. The summed E-state index contributed by atoms with van der Waals surface area (Å²) < 4.78 is 0. The molecule has 1 fully saturated rings. The van der Waals surface area contributed by atoms with E-state index in [0.717, 1.165) is 45.3 Å². The number of likely N-dealkylation sites (tertiary alicyclic amines) is 1. The van der Waals surface area contributed by atoms with Gasteiger partial charge in [0.2, 0.25) is 0 Å². The van der Waals surface area contributed by atoms with Gasteiger partial charge in [-0.25, -0.2) is 0 Å². The average Bonchev–Trinajstić information content (AvgIpc) is 2.81. The molecule has 0 bridgehead atoms. The number of hydrogen-bond donors (Lipinski definition) is 1. The summed E-state index contributed by atoms with van der Waals surface area (Å²) in [6, 6.07) is 2.16. The normalized spacial score (nSPS) is 21.1. The quantitative estimate of drug-likeness (QED) is 0.873. The highest BCUT2D eigenvalue weighted by Crippen LogP contribution is 2.27. The molecular weight excluding hydrogens is 218 g/mol. The lowest BCUT2D eigenvalue weighted by atomic mass is 9.86. The Balaban J connectivity index is 1.80. The lowest BCUT2D eigenvalue weighted by Gasteiger charge is -2.37. The first-order valence-corrected chi connectivity index (χ1v) is 7.12. The van der Waals surface area contributed by atoms with Crippen LogP contribution in [0.25, 0.3) is 0 Å². The van der Waals surface area contributed by atoms with Crippen molar-refractivity contribution >= 4 is 11.3 Å². The zero-order valence-corrected chi connectivity index (χ0v) is 10.8. The molecule has 1 N–H and O–H groups in total. The smallest absolute Gasteiger partial charge is 0.0675 e. The van der Waals surface area contributed by atoms with Gasteiger partial charge in [-0.1, -0.05) is 6.92 Å². The molecule has 0 aromatic carbocycles. The van der Waals surface area contributed by atoms with Gasteiger partial charge in [-0.2, -0.15) is 11.3 Å². The molecule has 90 valence electrons. The standard InChI is InChI=1S/C13H21NOS/c1-2-14-8-6-13(15,7-9-14)5-3-12-4-10-16-11-12/h4,10-11,15H,2-3,5-9H2,1H3. The van der Waals surface area contributed by atoms with Gasteiger partial charge in [0.05, 0.1) is 5.60 Å². The number of rotatable bonds is 4. The average molecular weight is 239 g/mol. The predicted molar refractivity (Wildman–Crippen MR) is 68.9 cm³/mol. The second-order valence-electron chi connectivity index (χ2n) is 4.79. The summed E-state index contributed by atoms with van der Waals surface area (Å²) in [5.41, 5.74) is 0.962. The molecule has 3 heteroatoms. The summed E-state index contributed by atoms with van der Waals surface area (Å²) in [4.78, 5) is 2.42. The van der Waals surface area contributed by atoms with Crippen LogP contribution in [-0.2, 0) is 6.42 Å². The van der Waals surface area contributed by atoms with Gasteiger partial charge in [0.1, 0.15) is 0 Å². The van der Waals surface area contributed by atoms with Gasteiger partial charge in [-0.05, 0) is 54.6 Å². The fourth-order valence-corrected chi connectivity index (χ4v) is 3.05. The molecule has 0 atom stereocenters. The minimum atomic E-state index is -0.409. The molecule has 1 saturated heterocycles. The highest BCUT2D eigenvalue weighted by Gasteiger charge is 2.31. The largest absolute Gasteiger partial charge is 0.390 e. The van der Waals surface area contributed by atoms with Gasteiger partial charge in [0.15, 0.2) is 0 Å². The van der Waals surface area contributed by atoms with Gasteiger partial charge in [-0.3, -0.25) is 0 Å². The molecule has 0 saturated carbocycles. The Hall–Kier alpha value is -0.380. The van der Waals surface area contributed by atoms with E-state index in [1.165, 1.54) is 5.56 Å². The van der Waals surface area contributed by atoms with Gasteiger partial charge in [-0.15, -0.1) is 0 Å². The van der Waals surface area contributed by atoms with Crippen molar-refractivity contribution in [2.45, 2.75) is 38.2 Å². The molecule has 1 aliphatic heterocycles. The zero-order valence-electron chi connectivity index (χ0n) is 9.98. The third-order valence-corrected chi connectivity index (χ3v) is 4.43. The Kier molecular flexibility index (Phi) is 4.00. The first-order valence-electron chi connectivity index (χ1n) is 6.18. The van der Waals surface area contributed by atoms with Crippen molar-refractivity contribution in [2.75, 3.05) is 19.6 Å². The number of hydrogen-bond acceptors (Lipinski definition) is 3. The van der Waals surface area contributed by atoms with E-state index in [4.69, 9.17) is 0 Å². The minimum absolute atomic E-state index is 0.409. The van der Waals surface area contributed by atoms with E-state index in [2.05, 4.69) is 28.7 Å². The van der Waals surface area contributed by atoms with E-state index in [1.54, 1.807) is 11.3 Å². The maximum absolute atomic E-state index is 10.5. The van der Waals surface area contributed by atoms with E-state index in [1.807, 2.05) is 0 Å². The van der Waals surface area contributed by atoms with E-state index < -0.39 is 5.60 Å². The van der Waals surface area contributed by atoms with Gasteiger partial charge >= 0.3 is 0 Å². The summed E-state index contributed by atoms with van der Waals surface area (Å²) in [5, 5.41) is 14.8. The summed E-state index contributed by atoms with van der Waals surface area (Å²) in [6.07, 6.45) is 3.81. The Morgan fingerprint density at radius 1 is 1.44 bits per heavy atom. The summed E-state index contributed by atoms with van der Waals surface area (Å²) in [6.45, 7) is 5.41. The molecule has 0 amide bonds. The third kappa shape index (κ3) is 3.06. The number of aryl methyl sites for hydroxylation is 1. The first kappa shape index (κ1) is 12.1. The fourth-order valence-electron chi connectivity index (χ4n) is 2.35. The van der Waals surface area contributed by atoms with Crippen LogP contribution >= 0.6 is 11.3 Å². The molecular formula is C13H21NOS. The predicted octanol–water partition coefficient (Wildman–Crippen LogP) is 2.53. The monoisotopic (exact) mass is 239 g/mol. The van der Waals surface area contributed by atoms with Crippen molar-refractivity contribution < 1.29 is 5.11 Å². The van der Waals surface area contributed by atoms with Crippen molar-refractivity contribution in [3.05, 3.63) is 22.4 Å². The van der Waals surface area contributed by atoms with Crippen LogP contribution in [0.15, 0.2) is 16.8 Å². The number of thiophene rings is 1. The van der Waals surface area contributed by atoms with Gasteiger partial charge in [0.25, 0.3) is 0 Å². The topological polar surface area (TPSA) is 23.5 Å². The van der Waals surface area contributed by atoms with Gasteiger partial charge in [0, 0.05) is 13.1 Å². The fraction of sp³-hybridized carbons (Fsp3) is 0.692. The Morgan fingerprint density at radius 2 is 2.19 bits per heavy atom. The highest BCUT2D eigenvalue weighted by atomic mass is 32.1. The molecule has 1 aromatic heterocycles. The van der Waals surface area contributed by atoms with Crippen LogP contribution < -0.4 is 0 Å². The number of aliphatic hydroxyl groups is 1. The molecule has 0 unspecified atom stereocenters. The SMILES string of the molecule is CCN1CCC(O)(CCc2ccsc2)CC1. The second kappa shape index (κ2) is 5.30. The van der Waals surface area contributed by atoms with Crippen molar-refractivity contribution in [1.82, 2.24) is 4.90 Å². The van der Waals surface area contributed by atoms with Crippen LogP contribution in [0.2, 0.25) is 0 Å². The minimum Gasteiger partial charge on any atom is -0.390 e. The van der Waals surface area contributed by atoms with Crippen LogP contribution in [-0.4, -0.2) is 35.2 Å². The summed E-state index contributed by atoms with van der Waals surface area (Å²) in [5.74, 6) is 0. The molecule has 16 heavy (non-hydrogen) atoms. The van der Waals surface area contributed by atoms with E-state index in [9.17, 15) is 5.11 Å². The molecule has 0 spiro atoms. The third-order valence-electron chi connectivity index (χ3n) is 3.69. The van der Waals surface area contributed by atoms with E-state index in [-0.39, 0.29) is 0 Å². The summed E-state index contributed by atoms with van der Waals surface area (Å²) in [7, 11) is 0. The Morgan fingerprint density at radius 3 is 2.75 bits per heavy atom. The number of piperidine rings is 1. The lowest BCUT2D eigenvalue weighted by molar-refractivity contribution is -0.0261. The molecule has 1 aliphatic rings. The van der Waals surface area contributed by atoms with Crippen LogP contribution in [0, 0.1) is 0 Å². The van der Waals surface area contributed by atoms with Crippen molar-refractivity contribution in [1.29, 1.82) is 0 Å². The van der Waals surface area contributed by atoms with Crippen LogP contribution in [0.4, 0.5) is 0 Å². The second-order valence-corrected chi connectivity index (χ2v) is 5.57. The van der Waals surface area contributed by atoms with Crippen LogP contribution in [0.5, 0.6) is 0 Å².